The van der Waals surface area contributed by atoms with Crippen LogP contribution in [0.5, 0.6) is 0 Å². The Labute approximate surface area is 257 Å². The van der Waals surface area contributed by atoms with E-state index in [0.29, 0.717) is 43.4 Å². The second-order valence-corrected chi connectivity index (χ2v) is 10.6. The predicted molar refractivity (Wildman–Crippen MR) is 168 cm³/mol. The summed E-state index contributed by atoms with van der Waals surface area (Å²) in [5, 5.41) is 22.1. The van der Waals surface area contributed by atoms with E-state index in [1.807, 2.05) is 24.8 Å². The molecule has 10 nitrogen and oxygen atoms in total. The largest absolute Gasteiger partial charge is 0.386 e. The standard InChI is InChI=1S/C26H30F2N8O2.C2H6.2C2H2/c1-34(24(37)15-5-8-21(30-12-15)35-13-26(38,14-35)16-6-7-16)9-3-2-4-20-31-23-18-10-17(27)11-19(28)22(18)32-25(29)36(23)33-20;3*1-2/h5,8,10-12,16,20,29,31,33,38H,2-4,6-7,9,13-14H2,1H3;1-2H3;2*1-2H. The van der Waals surface area contributed by atoms with Crippen LogP contribution in [0.4, 0.5) is 20.4 Å². The van der Waals surface area contributed by atoms with Crippen molar-refractivity contribution >= 4 is 28.4 Å². The summed E-state index contributed by atoms with van der Waals surface area (Å²) in [5.41, 5.74) is 2.82. The van der Waals surface area contributed by atoms with Crippen molar-refractivity contribution in [2.24, 2.45) is 5.92 Å². The van der Waals surface area contributed by atoms with Crippen LogP contribution >= 0.6 is 0 Å². The van der Waals surface area contributed by atoms with Crippen molar-refractivity contribution in [3.63, 3.8) is 0 Å². The van der Waals surface area contributed by atoms with Gasteiger partial charge in [-0.2, -0.15) is 0 Å². The molecule has 1 unspecified atom stereocenters. The minimum Gasteiger partial charge on any atom is -0.386 e. The van der Waals surface area contributed by atoms with Gasteiger partial charge in [-0.3, -0.25) is 15.6 Å². The van der Waals surface area contributed by atoms with Crippen molar-refractivity contribution in [2.75, 3.05) is 42.3 Å². The summed E-state index contributed by atoms with van der Waals surface area (Å²) < 4.78 is 29.3. The van der Waals surface area contributed by atoms with Crippen LogP contribution in [0, 0.1) is 48.7 Å². The van der Waals surface area contributed by atoms with Gasteiger partial charge in [0.15, 0.2) is 5.82 Å². The maximum absolute atomic E-state index is 14.1. The van der Waals surface area contributed by atoms with Gasteiger partial charge in [-0.25, -0.2) is 23.4 Å². The molecule has 2 fully saturated rings. The Bertz CT molecular complexity index is 1540. The molecule has 234 valence electrons. The van der Waals surface area contributed by atoms with Crippen LogP contribution in [-0.4, -0.2) is 69.0 Å². The second-order valence-electron chi connectivity index (χ2n) is 10.6. The molecule has 44 heavy (non-hydrogen) atoms. The molecular formula is C32H40F2N8O2. The summed E-state index contributed by atoms with van der Waals surface area (Å²) in [7, 11) is 1.76. The lowest BCUT2D eigenvalue weighted by atomic mass is 9.89. The molecule has 12 heteroatoms. The Morgan fingerprint density at radius 3 is 2.45 bits per heavy atom. The number of amides is 1. The summed E-state index contributed by atoms with van der Waals surface area (Å²) in [4.78, 5) is 24.9. The van der Waals surface area contributed by atoms with E-state index in [1.54, 1.807) is 24.2 Å². The quantitative estimate of drug-likeness (QED) is 0.227. The van der Waals surface area contributed by atoms with Gasteiger partial charge in [0.2, 0.25) is 5.62 Å². The van der Waals surface area contributed by atoms with Gasteiger partial charge in [0, 0.05) is 31.2 Å². The number of fused-ring (bicyclic) bond motifs is 3. The molecule has 0 radical (unpaired) electrons. The number of rotatable bonds is 8. The molecule has 3 aliphatic rings. The first-order chi connectivity index (χ1) is 21.2. The number of benzene rings is 1. The summed E-state index contributed by atoms with van der Waals surface area (Å²) in [6, 6.07) is 5.57. The third-order valence-electron chi connectivity index (χ3n) is 7.70. The van der Waals surface area contributed by atoms with Crippen molar-refractivity contribution in [2.45, 2.75) is 57.7 Å². The molecular weight excluding hydrogens is 566 g/mol. The van der Waals surface area contributed by atoms with Crippen LogP contribution in [0.15, 0.2) is 30.5 Å². The molecule has 1 atom stereocenters. The number of aliphatic hydroxyl groups is 1. The molecule has 2 aliphatic heterocycles. The van der Waals surface area contributed by atoms with Gasteiger partial charge in [-0.15, -0.1) is 25.7 Å². The van der Waals surface area contributed by atoms with Crippen LogP contribution in [0.1, 0.15) is 56.3 Å². The number of pyridine rings is 1. The van der Waals surface area contributed by atoms with Gasteiger partial charge in [0.1, 0.15) is 34.7 Å². The summed E-state index contributed by atoms with van der Waals surface area (Å²) in [5.74, 6) is -0.0230. The Balaban J connectivity index is 0.000000832. The first-order valence-electron chi connectivity index (χ1n) is 14.6. The van der Waals surface area contributed by atoms with Crippen LogP contribution < -0.4 is 21.3 Å². The number of halogens is 2. The van der Waals surface area contributed by atoms with E-state index in [0.717, 1.165) is 37.6 Å². The maximum atomic E-state index is 14.1. The molecule has 1 aromatic carbocycles. The zero-order chi connectivity index (χ0) is 32.6. The summed E-state index contributed by atoms with van der Waals surface area (Å²) >= 11 is 0. The van der Waals surface area contributed by atoms with E-state index in [2.05, 4.69) is 46.4 Å². The minimum absolute atomic E-state index is 0.0510. The van der Waals surface area contributed by atoms with Gasteiger partial charge in [0.25, 0.3) is 5.91 Å². The van der Waals surface area contributed by atoms with Gasteiger partial charge >= 0.3 is 0 Å². The number of hydrogen-bond donors (Lipinski definition) is 4. The first-order valence-corrected chi connectivity index (χ1v) is 14.6. The van der Waals surface area contributed by atoms with Gasteiger partial charge < -0.3 is 20.2 Å². The van der Waals surface area contributed by atoms with Crippen molar-refractivity contribution in [3.8, 4) is 25.7 Å². The molecule has 6 rings (SSSR count). The third kappa shape index (κ3) is 7.09. The number of β-amino-alcohol motifs (C(OH)–C–C–N with tert-alkyl or cyclic N) is 1. The van der Waals surface area contributed by atoms with E-state index >= 15 is 0 Å². The molecule has 0 bridgehead atoms. The number of terminal acetylenes is 2. The average Bonchev–Trinajstić information content (AvgIpc) is 3.80. The van der Waals surface area contributed by atoms with Crippen molar-refractivity contribution in [1.29, 1.82) is 5.41 Å². The number of carbonyl (C=O) groups excluding carboxylic acids is 1. The smallest absolute Gasteiger partial charge is 0.255 e. The number of carbonyl (C=O) groups is 1. The fourth-order valence-electron chi connectivity index (χ4n) is 5.37. The molecule has 2 aromatic heterocycles. The molecule has 1 amide bonds. The number of aromatic nitrogens is 3. The highest BCUT2D eigenvalue weighted by molar-refractivity contribution is 5.94. The fraction of sp³-hybridized carbons (Fsp3) is 0.438. The van der Waals surface area contributed by atoms with Gasteiger partial charge in [-0.05, 0) is 56.2 Å². The number of anilines is 2. The highest BCUT2D eigenvalue weighted by Gasteiger charge is 2.52. The molecule has 1 aliphatic carbocycles. The highest BCUT2D eigenvalue weighted by Crippen LogP contribution is 2.45. The Kier molecular flexibility index (Phi) is 11.3. The van der Waals surface area contributed by atoms with E-state index < -0.39 is 17.2 Å². The topological polar surface area (TPSA) is 122 Å². The highest BCUT2D eigenvalue weighted by atomic mass is 19.1. The zero-order valence-corrected chi connectivity index (χ0v) is 25.4. The SMILES string of the molecule is C#C.C#C.CC.CN(CCCCC1Nc2c3cc(F)cc(F)c3nc(=N)n2N1)C(=O)c1ccc(N2CC(O)(C3CC3)C2)nc1. The van der Waals surface area contributed by atoms with E-state index in [4.69, 9.17) is 5.41 Å². The number of nitrogens with zero attached hydrogens (tertiary/aromatic N) is 5. The van der Waals surface area contributed by atoms with E-state index in [1.165, 1.54) is 10.7 Å². The lowest BCUT2D eigenvalue weighted by Crippen LogP contribution is -2.63. The first kappa shape index (κ1) is 33.8. The molecule has 1 saturated carbocycles. The lowest BCUT2D eigenvalue weighted by molar-refractivity contribution is -0.00975. The fourth-order valence-corrected chi connectivity index (χ4v) is 5.37. The number of unbranched alkanes of at least 4 members (excludes halogenated alkanes) is 1. The molecule has 0 spiro atoms. The second kappa shape index (κ2) is 14.7. The number of hydrogen-bond acceptors (Lipinski definition) is 8. The van der Waals surface area contributed by atoms with Gasteiger partial charge in [-0.1, -0.05) is 13.8 Å². The van der Waals surface area contributed by atoms with Crippen LogP contribution in [0.25, 0.3) is 10.9 Å². The summed E-state index contributed by atoms with van der Waals surface area (Å²) in [6.07, 6.45) is 21.7. The Morgan fingerprint density at radius 1 is 1.16 bits per heavy atom. The van der Waals surface area contributed by atoms with Crippen LogP contribution in [0.2, 0.25) is 0 Å². The lowest BCUT2D eigenvalue weighted by Gasteiger charge is -2.47. The predicted octanol–water partition coefficient (Wildman–Crippen LogP) is 3.91. The monoisotopic (exact) mass is 606 g/mol. The van der Waals surface area contributed by atoms with E-state index in [-0.39, 0.29) is 28.6 Å². The Hall–Kier alpha value is -4.68. The summed E-state index contributed by atoms with van der Waals surface area (Å²) in [6.45, 7) is 5.74. The molecule has 4 heterocycles. The third-order valence-corrected chi connectivity index (χ3v) is 7.70. The zero-order valence-electron chi connectivity index (χ0n) is 25.4. The van der Waals surface area contributed by atoms with Gasteiger partial charge in [0.05, 0.1) is 18.7 Å². The van der Waals surface area contributed by atoms with Crippen molar-refractivity contribution in [3.05, 3.63) is 53.3 Å². The van der Waals surface area contributed by atoms with Crippen LogP contribution in [-0.2, 0) is 0 Å². The van der Waals surface area contributed by atoms with Crippen molar-refractivity contribution in [1.82, 2.24) is 19.5 Å². The van der Waals surface area contributed by atoms with Crippen molar-refractivity contribution < 1.29 is 18.7 Å². The maximum Gasteiger partial charge on any atom is 0.255 e. The molecule has 3 aromatic rings. The minimum atomic E-state index is -0.805. The number of nitrogens with one attached hydrogen (secondary N) is 3. The average molecular weight is 607 g/mol. The Morgan fingerprint density at radius 2 is 1.84 bits per heavy atom. The van der Waals surface area contributed by atoms with Crippen LogP contribution in [0.3, 0.4) is 0 Å². The molecule has 4 N–H and O–H groups in total. The van der Waals surface area contributed by atoms with E-state index in [9.17, 15) is 18.7 Å². The normalized spacial score (nSPS) is 17.0. The molecule has 1 saturated heterocycles.